The largest absolute Gasteiger partial charge is 0.468 e. The molecule has 0 unspecified atom stereocenters. The molecule has 6 heteroatoms. The highest BCUT2D eigenvalue weighted by Gasteiger charge is 2.06. The van der Waals surface area contributed by atoms with Crippen LogP contribution in [0.25, 0.3) is 0 Å². The van der Waals surface area contributed by atoms with Gasteiger partial charge >= 0.3 is 0 Å². The Labute approximate surface area is 151 Å². The van der Waals surface area contributed by atoms with E-state index in [4.69, 9.17) is 4.42 Å². The number of hydrogen-bond acceptors (Lipinski definition) is 4. The number of rotatable bonds is 8. The van der Waals surface area contributed by atoms with Crippen LogP contribution in [0.15, 0.2) is 59.5 Å². The third-order valence-corrected chi connectivity index (χ3v) is 4.83. The molecule has 0 radical (unpaired) electrons. The maximum Gasteiger partial charge on any atom is 0.251 e. The van der Waals surface area contributed by atoms with E-state index < -0.39 is 0 Å². The maximum absolute atomic E-state index is 12.2. The van der Waals surface area contributed by atoms with Crippen molar-refractivity contribution in [3.8, 4) is 0 Å². The number of furan rings is 1. The summed E-state index contributed by atoms with van der Waals surface area (Å²) >= 11 is 1.74. The van der Waals surface area contributed by atoms with Gasteiger partial charge in [0.05, 0.1) is 12.0 Å². The highest BCUT2D eigenvalue weighted by Crippen LogP contribution is 2.12. The van der Waals surface area contributed by atoms with Crippen LogP contribution in [-0.2, 0) is 12.3 Å². The number of benzene rings is 1. The summed E-state index contributed by atoms with van der Waals surface area (Å²) in [6.07, 6.45) is 5.42. The summed E-state index contributed by atoms with van der Waals surface area (Å²) in [5.74, 6) is 3.58. The molecule has 2 heterocycles. The smallest absolute Gasteiger partial charge is 0.251 e. The highest BCUT2D eigenvalue weighted by atomic mass is 32.2. The zero-order valence-corrected chi connectivity index (χ0v) is 15.0. The van der Waals surface area contributed by atoms with Crippen LogP contribution < -0.4 is 5.32 Å². The van der Waals surface area contributed by atoms with Crippen LogP contribution in [0.2, 0.25) is 0 Å². The van der Waals surface area contributed by atoms with Crippen molar-refractivity contribution in [1.29, 1.82) is 0 Å². The first-order chi connectivity index (χ1) is 12.2. The number of hydrogen-bond donors (Lipinski definition) is 1. The number of thioether (sulfide) groups is 1. The molecule has 5 nitrogen and oxygen atoms in total. The molecule has 0 spiro atoms. The lowest BCUT2D eigenvalue weighted by Gasteiger charge is -2.08. The molecule has 25 heavy (non-hydrogen) atoms. The molecule has 2 aromatic heterocycles. The average molecular weight is 355 g/mol. The summed E-state index contributed by atoms with van der Waals surface area (Å²) in [5.41, 5.74) is 1.83. The Bertz CT molecular complexity index is 794. The summed E-state index contributed by atoms with van der Waals surface area (Å²) in [4.78, 5) is 16.4. The van der Waals surface area contributed by atoms with E-state index in [1.165, 1.54) is 0 Å². The zero-order valence-electron chi connectivity index (χ0n) is 14.1. The molecule has 0 atom stereocenters. The minimum atomic E-state index is -0.0380. The SMILES string of the molecule is Cc1nccn1Cc1ccc(C(=O)NCCSCc2ccco2)cc1. The summed E-state index contributed by atoms with van der Waals surface area (Å²) in [6.45, 7) is 3.38. The topological polar surface area (TPSA) is 60.1 Å². The molecule has 0 aliphatic carbocycles. The maximum atomic E-state index is 12.2. The molecule has 0 bridgehead atoms. The molecule has 1 N–H and O–H groups in total. The molecule has 1 aromatic carbocycles. The van der Waals surface area contributed by atoms with Crippen molar-refractivity contribution in [2.75, 3.05) is 12.3 Å². The lowest BCUT2D eigenvalue weighted by Crippen LogP contribution is -2.25. The van der Waals surface area contributed by atoms with Crippen LogP contribution >= 0.6 is 11.8 Å². The van der Waals surface area contributed by atoms with Gasteiger partial charge in [-0.1, -0.05) is 12.1 Å². The summed E-state index contributed by atoms with van der Waals surface area (Å²) in [5, 5.41) is 2.95. The third kappa shape index (κ3) is 5.00. The molecule has 3 rings (SSSR count). The molecule has 0 aliphatic rings. The van der Waals surface area contributed by atoms with E-state index in [9.17, 15) is 4.79 Å². The monoisotopic (exact) mass is 355 g/mol. The Morgan fingerprint density at radius 3 is 2.80 bits per heavy atom. The molecule has 130 valence electrons. The normalized spacial score (nSPS) is 10.8. The zero-order chi connectivity index (χ0) is 17.5. The van der Waals surface area contributed by atoms with Gasteiger partial charge in [0.15, 0.2) is 0 Å². The van der Waals surface area contributed by atoms with Gasteiger partial charge in [-0.3, -0.25) is 4.79 Å². The first kappa shape index (κ1) is 17.4. The minimum absolute atomic E-state index is 0.0380. The Morgan fingerprint density at radius 2 is 2.12 bits per heavy atom. The van der Waals surface area contributed by atoms with Gasteiger partial charge in [-0.2, -0.15) is 11.8 Å². The van der Waals surface area contributed by atoms with E-state index in [2.05, 4.69) is 14.9 Å². The van der Waals surface area contributed by atoms with Gasteiger partial charge in [-0.25, -0.2) is 4.98 Å². The van der Waals surface area contributed by atoms with Crippen molar-refractivity contribution in [3.63, 3.8) is 0 Å². The fourth-order valence-electron chi connectivity index (χ4n) is 2.44. The molecule has 0 saturated heterocycles. The van der Waals surface area contributed by atoms with Gasteiger partial charge in [0.25, 0.3) is 5.91 Å². The fourth-order valence-corrected chi connectivity index (χ4v) is 3.19. The van der Waals surface area contributed by atoms with Crippen LogP contribution in [0.5, 0.6) is 0 Å². The van der Waals surface area contributed by atoms with Crippen LogP contribution in [0.4, 0.5) is 0 Å². The standard InChI is InChI=1S/C19H21N3O2S/c1-15-20-8-10-22(15)13-16-4-6-17(7-5-16)19(23)21-9-12-25-14-18-3-2-11-24-18/h2-8,10-11H,9,12-14H2,1H3,(H,21,23). The summed E-state index contributed by atoms with van der Waals surface area (Å²) < 4.78 is 7.35. The molecule has 0 aliphatic heterocycles. The first-order valence-corrected chi connectivity index (χ1v) is 9.33. The predicted octanol–water partition coefficient (Wildman–Crippen LogP) is 3.50. The number of aromatic nitrogens is 2. The van der Waals surface area contributed by atoms with E-state index in [1.54, 1.807) is 24.2 Å². The van der Waals surface area contributed by atoms with Crippen molar-refractivity contribution in [2.24, 2.45) is 0 Å². The number of amides is 1. The van der Waals surface area contributed by atoms with Crippen LogP contribution in [0, 0.1) is 6.92 Å². The predicted molar refractivity (Wildman–Crippen MR) is 99.7 cm³/mol. The highest BCUT2D eigenvalue weighted by molar-refractivity contribution is 7.98. The fraction of sp³-hybridized carbons (Fsp3) is 0.263. The van der Waals surface area contributed by atoms with Crippen LogP contribution in [0.3, 0.4) is 0 Å². The van der Waals surface area contributed by atoms with Gasteiger partial charge in [0.2, 0.25) is 0 Å². The van der Waals surface area contributed by atoms with E-state index >= 15 is 0 Å². The number of aryl methyl sites for hydroxylation is 1. The van der Waals surface area contributed by atoms with Crippen molar-refractivity contribution >= 4 is 17.7 Å². The first-order valence-electron chi connectivity index (χ1n) is 8.17. The summed E-state index contributed by atoms with van der Waals surface area (Å²) in [6, 6.07) is 11.5. The Balaban J connectivity index is 1.42. The Morgan fingerprint density at radius 1 is 1.28 bits per heavy atom. The van der Waals surface area contributed by atoms with Crippen LogP contribution in [0.1, 0.15) is 27.5 Å². The lowest BCUT2D eigenvalue weighted by atomic mass is 10.1. The van der Waals surface area contributed by atoms with Crippen molar-refractivity contribution in [2.45, 2.75) is 19.2 Å². The van der Waals surface area contributed by atoms with E-state index in [0.717, 1.165) is 35.2 Å². The molecule has 0 fully saturated rings. The molecular formula is C19H21N3O2S. The minimum Gasteiger partial charge on any atom is -0.468 e. The second-order valence-corrected chi connectivity index (χ2v) is 6.79. The Kier molecular flexibility index (Phi) is 5.95. The average Bonchev–Trinajstić information content (AvgIpc) is 3.27. The van der Waals surface area contributed by atoms with E-state index in [1.807, 2.05) is 49.5 Å². The van der Waals surface area contributed by atoms with E-state index in [0.29, 0.717) is 12.1 Å². The van der Waals surface area contributed by atoms with E-state index in [-0.39, 0.29) is 5.91 Å². The van der Waals surface area contributed by atoms with Gasteiger partial charge in [-0.05, 0) is 36.8 Å². The number of imidazole rings is 1. The number of carbonyl (C=O) groups excluding carboxylic acids is 1. The molecule has 1 amide bonds. The summed E-state index contributed by atoms with van der Waals surface area (Å²) in [7, 11) is 0. The van der Waals surface area contributed by atoms with Crippen molar-refractivity contribution in [1.82, 2.24) is 14.9 Å². The third-order valence-electron chi connectivity index (χ3n) is 3.85. The molecule has 3 aromatic rings. The van der Waals surface area contributed by atoms with Gasteiger partial charge in [0, 0.05) is 36.8 Å². The van der Waals surface area contributed by atoms with Crippen LogP contribution in [-0.4, -0.2) is 27.8 Å². The van der Waals surface area contributed by atoms with Crippen molar-refractivity contribution < 1.29 is 9.21 Å². The Hall–Kier alpha value is -2.47. The number of carbonyl (C=O) groups is 1. The molecule has 0 saturated carbocycles. The van der Waals surface area contributed by atoms with Crippen molar-refractivity contribution in [3.05, 3.63) is 77.8 Å². The number of nitrogens with zero attached hydrogens (tertiary/aromatic N) is 2. The van der Waals surface area contributed by atoms with Gasteiger partial charge in [-0.15, -0.1) is 0 Å². The molecular weight excluding hydrogens is 334 g/mol. The second-order valence-electron chi connectivity index (χ2n) is 5.69. The second kappa shape index (κ2) is 8.58. The lowest BCUT2D eigenvalue weighted by molar-refractivity contribution is 0.0956. The quantitative estimate of drug-likeness (QED) is 0.628. The van der Waals surface area contributed by atoms with Gasteiger partial charge < -0.3 is 14.3 Å². The van der Waals surface area contributed by atoms with Gasteiger partial charge in [0.1, 0.15) is 11.6 Å². The number of nitrogens with one attached hydrogen (secondary N) is 1.